The van der Waals surface area contributed by atoms with Crippen LogP contribution in [0.25, 0.3) is 0 Å². The van der Waals surface area contributed by atoms with Crippen LogP contribution in [0.15, 0.2) is 0 Å². The summed E-state index contributed by atoms with van der Waals surface area (Å²) in [5.74, 6) is 6.42. The van der Waals surface area contributed by atoms with Gasteiger partial charge in [0, 0.05) is 12.0 Å². The number of hydrogen-bond acceptors (Lipinski definition) is 3. The molecule has 3 heteroatoms. The molecule has 0 spiro atoms. The predicted octanol–water partition coefficient (Wildman–Crippen LogP) is 1.63. The topological polar surface area (TPSA) is 23.6 Å². The van der Waals surface area contributed by atoms with Crippen molar-refractivity contribution >= 4 is 5.78 Å². The standard InChI is InChI=1S/C15H26N2O/c1-15(2,3)9-6-8-14(18)13-12-16(4)10-7-11-17(13)5/h13H,7-8,10-12H2,1-5H3. The van der Waals surface area contributed by atoms with Crippen molar-refractivity contribution in [1.82, 2.24) is 9.80 Å². The van der Waals surface area contributed by atoms with E-state index in [0.29, 0.717) is 6.42 Å². The smallest absolute Gasteiger partial charge is 0.163 e. The van der Waals surface area contributed by atoms with E-state index in [1.54, 1.807) is 0 Å². The van der Waals surface area contributed by atoms with E-state index in [4.69, 9.17) is 0 Å². The zero-order valence-electron chi connectivity index (χ0n) is 12.4. The molecule has 1 atom stereocenters. The monoisotopic (exact) mass is 250 g/mol. The molecule has 0 aromatic rings. The van der Waals surface area contributed by atoms with Gasteiger partial charge in [-0.1, -0.05) is 11.8 Å². The van der Waals surface area contributed by atoms with Gasteiger partial charge in [-0.3, -0.25) is 9.69 Å². The van der Waals surface area contributed by atoms with E-state index >= 15 is 0 Å². The number of Topliss-reactive ketones (excluding diaryl/α,β-unsaturated/α-hetero) is 1. The van der Waals surface area contributed by atoms with Crippen molar-refractivity contribution in [2.45, 2.75) is 39.7 Å². The lowest BCUT2D eigenvalue weighted by Crippen LogP contribution is -2.43. The van der Waals surface area contributed by atoms with E-state index in [1.807, 2.05) is 7.05 Å². The van der Waals surface area contributed by atoms with Gasteiger partial charge in [0.15, 0.2) is 5.78 Å². The summed E-state index contributed by atoms with van der Waals surface area (Å²) in [6.07, 6.45) is 1.50. The molecule has 0 saturated carbocycles. The number of nitrogens with zero attached hydrogens (tertiary/aromatic N) is 2. The molecule has 18 heavy (non-hydrogen) atoms. The van der Waals surface area contributed by atoms with Crippen molar-refractivity contribution in [3.05, 3.63) is 0 Å². The molecule has 1 fully saturated rings. The summed E-state index contributed by atoms with van der Waals surface area (Å²) >= 11 is 0. The Morgan fingerprint density at radius 2 is 1.94 bits per heavy atom. The first kappa shape index (κ1) is 15.2. The molecule has 1 aliphatic heterocycles. The van der Waals surface area contributed by atoms with E-state index in [-0.39, 0.29) is 17.2 Å². The van der Waals surface area contributed by atoms with E-state index in [9.17, 15) is 4.79 Å². The molecular weight excluding hydrogens is 224 g/mol. The highest BCUT2D eigenvalue weighted by atomic mass is 16.1. The van der Waals surface area contributed by atoms with Crippen LogP contribution in [0.4, 0.5) is 0 Å². The highest BCUT2D eigenvalue weighted by molar-refractivity contribution is 5.86. The van der Waals surface area contributed by atoms with Crippen molar-refractivity contribution in [2.24, 2.45) is 5.41 Å². The number of rotatable bonds is 2. The molecule has 3 nitrogen and oxygen atoms in total. The lowest BCUT2D eigenvalue weighted by molar-refractivity contribution is -0.123. The first-order valence-corrected chi connectivity index (χ1v) is 6.71. The summed E-state index contributed by atoms with van der Waals surface area (Å²) in [5, 5.41) is 0. The Kier molecular flexibility index (Phi) is 5.37. The summed E-state index contributed by atoms with van der Waals surface area (Å²) in [5.41, 5.74) is -0.0214. The molecule has 102 valence electrons. The minimum absolute atomic E-state index is 0.00627. The third kappa shape index (κ3) is 5.20. The quantitative estimate of drug-likeness (QED) is 0.696. The third-order valence-electron chi connectivity index (χ3n) is 3.16. The summed E-state index contributed by atoms with van der Waals surface area (Å²) in [7, 11) is 4.12. The molecule has 1 unspecified atom stereocenters. The van der Waals surface area contributed by atoms with Gasteiger partial charge < -0.3 is 4.90 Å². The van der Waals surface area contributed by atoms with Crippen molar-refractivity contribution < 1.29 is 4.79 Å². The lowest BCUT2D eigenvalue weighted by atomic mass is 9.97. The Bertz CT molecular complexity index is 346. The average molecular weight is 250 g/mol. The fraction of sp³-hybridized carbons (Fsp3) is 0.800. The van der Waals surface area contributed by atoms with Crippen LogP contribution < -0.4 is 0 Å². The van der Waals surface area contributed by atoms with Crippen LogP contribution in [0.1, 0.15) is 33.6 Å². The molecule has 0 radical (unpaired) electrons. The van der Waals surface area contributed by atoms with Gasteiger partial charge in [-0.25, -0.2) is 0 Å². The summed E-state index contributed by atoms with van der Waals surface area (Å²) in [6, 6.07) is 0.00627. The third-order valence-corrected chi connectivity index (χ3v) is 3.16. The number of hydrogen-bond donors (Lipinski definition) is 0. The predicted molar refractivity (Wildman–Crippen MR) is 75.4 cm³/mol. The molecule has 1 aliphatic rings. The molecule has 1 heterocycles. The zero-order valence-corrected chi connectivity index (χ0v) is 12.4. The van der Waals surface area contributed by atoms with E-state index in [0.717, 1.165) is 26.1 Å². The second kappa shape index (κ2) is 6.36. The maximum absolute atomic E-state index is 12.2. The molecule has 1 saturated heterocycles. The Balaban J connectivity index is 2.60. The molecule has 0 aromatic heterocycles. The van der Waals surface area contributed by atoms with Crippen LogP contribution in [0, 0.1) is 17.3 Å². The Labute approximate surface area is 112 Å². The Morgan fingerprint density at radius 3 is 2.56 bits per heavy atom. The molecule has 0 N–H and O–H groups in total. The number of likely N-dealkylation sites (N-methyl/N-ethyl adjacent to an activating group) is 2. The summed E-state index contributed by atoms with van der Waals surface area (Å²) < 4.78 is 0. The highest BCUT2D eigenvalue weighted by Crippen LogP contribution is 2.11. The molecular formula is C15H26N2O. The molecule has 0 amide bonds. The normalized spacial score (nSPS) is 23.1. The van der Waals surface area contributed by atoms with Gasteiger partial charge in [0.25, 0.3) is 0 Å². The SMILES string of the molecule is CN1CCCN(C)C(C(=O)CC#CC(C)(C)C)C1. The van der Waals surface area contributed by atoms with Crippen LogP contribution in [0.5, 0.6) is 0 Å². The Morgan fingerprint density at radius 1 is 1.28 bits per heavy atom. The minimum atomic E-state index is -0.0214. The van der Waals surface area contributed by atoms with E-state index in [1.165, 1.54) is 0 Å². The largest absolute Gasteiger partial charge is 0.304 e. The average Bonchev–Trinajstić information content (AvgIpc) is 2.38. The van der Waals surface area contributed by atoms with Crippen LogP contribution in [-0.4, -0.2) is 55.4 Å². The van der Waals surface area contributed by atoms with Gasteiger partial charge in [-0.15, -0.1) is 0 Å². The molecule has 1 rings (SSSR count). The maximum Gasteiger partial charge on any atom is 0.163 e. The van der Waals surface area contributed by atoms with Crippen LogP contribution in [-0.2, 0) is 4.79 Å². The molecule has 0 bridgehead atoms. The van der Waals surface area contributed by atoms with Crippen molar-refractivity contribution in [1.29, 1.82) is 0 Å². The van der Waals surface area contributed by atoms with Crippen molar-refractivity contribution in [3.8, 4) is 11.8 Å². The molecule has 0 aliphatic carbocycles. The van der Waals surface area contributed by atoms with Crippen LogP contribution in [0.2, 0.25) is 0 Å². The van der Waals surface area contributed by atoms with Crippen LogP contribution >= 0.6 is 0 Å². The van der Waals surface area contributed by atoms with Gasteiger partial charge >= 0.3 is 0 Å². The molecule has 0 aromatic carbocycles. The van der Waals surface area contributed by atoms with Crippen molar-refractivity contribution in [2.75, 3.05) is 33.7 Å². The zero-order chi connectivity index (χ0) is 13.8. The number of carbonyl (C=O) groups is 1. The number of ketones is 1. The second-order valence-electron chi connectivity index (χ2n) is 6.31. The van der Waals surface area contributed by atoms with E-state index in [2.05, 4.69) is 49.5 Å². The summed E-state index contributed by atoms with van der Waals surface area (Å²) in [4.78, 5) is 16.6. The van der Waals surface area contributed by atoms with Gasteiger partial charge in [0.1, 0.15) is 0 Å². The fourth-order valence-electron chi connectivity index (χ4n) is 2.13. The van der Waals surface area contributed by atoms with Gasteiger partial charge in [0.05, 0.1) is 12.5 Å². The first-order chi connectivity index (χ1) is 8.29. The van der Waals surface area contributed by atoms with Gasteiger partial charge in [0.2, 0.25) is 0 Å². The van der Waals surface area contributed by atoms with E-state index < -0.39 is 0 Å². The lowest BCUT2D eigenvalue weighted by Gasteiger charge is -2.25. The fourth-order valence-corrected chi connectivity index (χ4v) is 2.13. The Hall–Kier alpha value is -0.850. The van der Waals surface area contributed by atoms with Gasteiger partial charge in [-0.2, -0.15) is 0 Å². The highest BCUT2D eigenvalue weighted by Gasteiger charge is 2.25. The van der Waals surface area contributed by atoms with Crippen molar-refractivity contribution in [3.63, 3.8) is 0 Å². The maximum atomic E-state index is 12.2. The number of carbonyl (C=O) groups excluding carboxylic acids is 1. The van der Waals surface area contributed by atoms with Crippen LogP contribution in [0.3, 0.4) is 0 Å². The van der Waals surface area contributed by atoms with Gasteiger partial charge in [-0.05, 0) is 54.4 Å². The minimum Gasteiger partial charge on any atom is -0.304 e. The summed E-state index contributed by atoms with van der Waals surface area (Å²) in [6.45, 7) is 9.09. The second-order valence-corrected chi connectivity index (χ2v) is 6.31. The first-order valence-electron chi connectivity index (χ1n) is 6.71.